The molecule has 22 rings (SSSR count). The average Bonchev–Trinajstić information content (AvgIpc) is 0.666. The second kappa shape index (κ2) is 44.1. The normalized spacial score (nSPS) is 23.2. The van der Waals surface area contributed by atoms with Crippen LogP contribution in [-0.2, 0) is 94.0 Å². The molecule has 0 amide bonds. The van der Waals surface area contributed by atoms with E-state index >= 15 is 0 Å². The summed E-state index contributed by atoms with van der Waals surface area (Å²) in [5.74, 6) is 9.62. The van der Waals surface area contributed by atoms with Crippen molar-refractivity contribution in [1.29, 1.82) is 0 Å². The number of ether oxygens (including phenoxy) is 5. The van der Waals surface area contributed by atoms with Crippen LogP contribution in [0.1, 0.15) is 167 Å². The summed E-state index contributed by atoms with van der Waals surface area (Å²) in [7, 11) is -4.45. The van der Waals surface area contributed by atoms with Crippen molar-refractivity contribution in [3.8, 4) is 17.2 Å². The fraction of sp³-hybridized carbons (Fsp3) is 0.380. The molecule has 13 aliphatic rings. The van der Waals surface area contributed by atoms with Gasteiger partial charge in [0.25, 0.3) is 70.0 Å². The molecular formula is C108H113N9O30S3. The topological polar surface area (TPSA) is 527 Å². The summed E-state index contributed by atoms with van der Waals surface area (Å²) in [4.78, 5) is 107. The van der Waals surface area contributed by atoms with Crippen molar-refractivity contribution in [2.45, 2.75) is 163 Å². The summed E-state index contributed by atoms with van der Waals surface area (Å²) in [5.41, 5.74) is 5.10. The zero-order chi connectivity index (χ0) is 108. The van der Waals surface area contributed by atoms with E-state index < -0.39 is 120 Å². The number of allylic oxidation sites excluding steroid dienone is 5. The van der Waals surface area contributed by atoms with Gasteiger partial charge in [0.15, 0.2) is 37.6 Å². The minimum Gasteiger partial charge on any atom is -0.507 e. The van der Waals surface area contributed by atoms with Crippen molar-refractivity contribution < 1.29 is 113 Å². The van der Waals surface area contributed by atoms with Gasteiger partial charge in [0.1, 0.15) is 42.0 Å². The predicted molar refractivity (Wildman–Crippen MR) is 553 cm³/mol. The van der Waals surface area contributed by atoms with Crippen molar-refractivity contribution in [2.24, 2.45) is 71.0 Å². The molecule has 0 aromatic heterocycles. The van der Waals surface area contributed by atoms with E-state index in [1.807, 2.05) is 48.5 Å². The van der Waals surface area contributed by atoms with E-state index in [1.54, 1.807) is 82.0 Å². The van der Waals surface area contributed by atoms with Crippen molar-refractivity contribution in [3.63, 3.8) is 0 Å². The molecule has 150 heavy (non-hydrogen) atoms. The molecule has 1 spiro atoms. The molecule has 13 fully saturated rings. The second-order valence-electron chi connectivity index (χ2n) is 39.9. The van der Waals surface area contributed by atoms with E-state index in [2.05, 4.69) is 0 Å². The van der Waals surface area contributed by atoms with Gasteiger partial charge in [-0.2, -0.15) is 4.89 Å². The van der Waals surface area contributed by atoms with Crippen molar-refractivity contribution in [2.75, 3.05) is 55.4 Å². The van der Waals surface area contributed by atoms with Crippen LogP contribution in [0.5, 0.6) is 17.2 Å². The van der Waals surface area contributed by atoms with Gasteiger partial charge in [0.05, 0.1) is 85.6 Å². The fourth-order valence-electron chi connectivity index (χ4n) is 24.2. The minimum absolute atomic E-state index is 0.0308. The van der Waals surface area contributed by atoms with Crippen LogP contribution in [0.15, 0.2) is 226 Å². The molecule has 39 nitrogen and oxygen atoms in total. The minimum atomic E-state index is -4.47. The number of benzene rings is 9. The molecule has 1 unspecified atom stereocenters. The number of anilines is 3. The number of aliphatic hydroxyl groups is 1. The number of rotatable bonds is 34. The number of nitro groups is 6. The van der Waals surface area contributed by atoms with Crippen molar-refractivity contribution in [1.82, 2.24) is 0 Å². The lowest BCUT2D eigenvalue weighted by molar-refractivity contribution is -0.645. The first kappa shape index (κ1) is 108. The van der Waals surface area contributed by atoms with E-state index in [0.717, 1.165) is 132 Å². The maximum atomic E-state index is 13.4. The van der Waals surface area contributed by atoms with E-state index in [-0.39, 0.29) is 60.0 Å². The number of nitro benzene ring substituents is 6. The number of ketones is 3. The van der Waals surface area contributed by atoms with Gasteiger partial charge in [-0.3, -0.25) is 88.0 Å². The lowest BCUT2D eigenvalue weighted by Crippen LogP contribution is -2.76. The molecule has 1 atom stereocenters. The monoisotopic (exact) mass is 2110 g/mol. The second-order valence-corrected chi connectivity index (χ2v) is 45.7. The van der Waals surface area contributed by atoms with Crippen LogP contribution < -0.4 is 22.4 Å². The Morgan fingerprint density at radius 1 is 0.387 bits per heavy atom. The Morgan fingerprint density at radius 2 is 0.700 bits per heavy atom. The molecule has 0 radical (unpaired) electrons. The number of carbonyl (C=O) groups is 3. The van der Waals surface area contributed by atoms with Crippen molar-refractivity contribution in [3.05, 3.63) is 322 Å². The summed E-state index contributed by atoms with van der Waals surface area (Å²) >= 11 is 0. The third kappa shape index (κ3) is 22.0. The largest absolute Gasteiger partial charge is 0.507 e. The molecule has 788 valence electrons. The van der Waals surface area contributed by atoms with E-state index in [0.29, 0.717) is 105 Å². The number of aliphatic hydroxyl groups excluding tert-OH is 1. The Kier molecular flexibility index (Phi) is 31.8. The summed E-state index contributed by atoms with van der Waals surface area (Å²) < 4.78 is 112. The Labute approximate surface area is 864 Å². The molecule has 12 bridgehead atoms. The Hall–Kier alpha value is -14.8. The number of sulfonamides is 3. The Bertz CT molecular complexity index is 7280. The number of carbonyl (C=O) groups excluding carboxylic acids is 3. The highest BCUT2D eigenvalue weighted by molar-refractivity contribution is 7.93. The number of hydrogen-bond acceptors (Lipinski definition) is 30. The van der Waals surface area contributed by atoms with Crippen LogP contribution in [0.3, 0.4) is 0 Å². The zero-order valence-electron chi connectivity index (χ0n) is 83.5. The van der Waals surface area contributed by atoms with Crippen LogP contribution in [0.25, 0.3) is 29.7 Å². The number of phenols is 1. The number of phenolic OH excluding ortho intramolecular Hbond substituents is 1. The molecule has 2 N–H and O–H groups in total. The lowest BCUT2D eigenvalue weighted by Gasteiger charge is -2.68. The first-order chi connectivity index (χ1) is 71.4. The summed E-state index contributed by atoms with van der Waals surface area (Å²) in [6, 6.07) is 43.0. The SMILES string of the molecule is CN(c1ccc(CO)cc1)S(=O)(=O)c1ccc([N+](=O)[O-])cc1[N+](=O)[O-].COC(=C1C2CC3CC(C2)CC1C3)c1ccc(/C=C/C(C)=O)c(O)c1.COC(=C1C2CC3CC(C2)CC1C3)c1ccc(/C=C/C(C)=O)c(OCc2ccc(N(C)S(=O)(=O)c3ccc([N+](=O)[O-])cc3[N+](=O)[O-])cc2)c1.COC1(c2ccc(/C=C/C(C)=O)c(OCc3ccc(N(C)S(=O)(=O)c4ccc([N+](=O)[O-])cc4[N+](=O)[O-])cc3)c2)OOC12C1CC3CC(C1)CC2C3. The smallest absolute Gasteiger partial charge is 0.296 e. The van der Waals surface area contributed by atoms with E-state index in [4.69, 9.17) is 38.6 Å². The highest BCUT2D eigenvalue weighted by atomic mass is 32.2. The average molecular weight is 2110 g/mol. The molecule has 12 saturated carbocycles. The van der Waals surface area contributed by atoms with Gasteiger partial charge in [-0.25, -0.2) is 30.1 Å². The standard InChI is InChI=1S/C36H37N3O11S.C36H37N3O9S.C22H26O3.C14H13N3O7S/c1-22(40)4-7-26-8-9-27(36(47-3)35(49-50-36)28-15-24-14-25(17-28)18-29(35)16-24)19-33(26)48-21-23-5-10-30(11-6-23)37(2)51(45,46)34-13-12-31(38(41)42)20-32(34)39(43)44;1-22(40)4-7-26-8-9-27(36(47-3)35-28-15-24-14-25(17-28)18-29(35)16-24)19-33(26)48-21-23-5-10-30(11-6-23)37(2)49(45,46)34-13-12-31(38(41)42)20-32(34)39(43)44;1-13(23)3-4-16-5-6-17(12-20(16)24)22(25-2)21-18-8-14-7-15(10-18)11-19(21)9-14;1-15(11-4-2-10(9-18)3-5-11)25(23,24)14-7-6-12(16(19)20)8-13(14)17(21)22/h4-13,19-20,24-25,28-29H,14-18,21H2,1-3H3;4-13,19-20,24-25,28-29H,14-18,21H2,1-3H3;3-6,12,14-15,18-19,24H,7-11H2,1-2H3;2-8,18H,9H2,1H3/b7-4+;7-4+,36-35?;4-3+,22-21?;. The third-order valence-corrected chi connectivity index (χ3v) is 36.2. The number of aromatic hydroxyl groups is 1. The molecule has 12 aliphatic carbocycles. The molecular weight excluding hydrogens is 2000 g/mol. The van der Waals surface area contributed by atoms with Gasteiger partial charge in [-0.1, -0.05) is 72.8 Å². The number of hydrogen-bond donors (Lipinski definition) is 2. The van der Waals surface area contributed by atoms with Crippen LogP contribution >= 0.6 is 0 Å². The first-order valence-electron chi connectivity index (χ1n) is 48.9. The van der Waals surface area contributed by atoms with Crippen LogP contribution in [0.4, 0.5) is 51.2 Å². The van der Waals surface area contributed by atoms with Crippen LogP contribution in [-0.4, -0.2) is 130 Å². The first-order valence-corrected chi connectivity index (χ1v) is 53.2. The van der Waals surface area contributed by atoms with Gasteiger partial charge in [0.2, 0.25) is 0 Å². The Morgan fingerprint density at radius 3 is 1.00 bits per heavy atom. The molecule has 9 aromatic carbocycles. The lowest BCUT2D eigenvalue weighted by atomic mass is 9.47. The van der Waals surface area contributed by atoms with Gasteiger partial charge in [-0.15, -0.1) is 0 Å². The van der Waals surface area contributed by atoms with Gasteiger partial charge in [-0.05, 0) is 325 Å². The summed E-state index contributed by atoms with van der Waals surface area (Å²) in [6.45, 7) is 4.42. The number of methoxy groups -OCH3 is 3. The number of nitrogens with zero attached hydrogens (tertiary/aromatic N) is 9. The number of non-ortho nitro benzene ring substituents is 3. The van der Waals surface area contributed by atoms with Crippen LogP contribution in [0, 0.1) is 132 Å². The molecule has 1 heterocycles. The highest BCUT2D eigenvalue weighted by Crippen LogP contribution is 2.70. The predicted octanol–water partition coefficient (Wildman–Crippen LogP) is 20.4. The summed E-state index contributed by atoms with van der Waals surface area (Å²) in [5, 5.41) is 86.8. The molecule has 1 aliphatic heterocycles. The van der Waals surface area contributed by atoms with Gasteiger partial charge >= 0.3 is 0 Å². The molecule has 9 aromatic rings. The maximum Gasteiger partial charge on any atom is 0.296 e. The maximum absolute atomic E-state index is 13.4. The summed E-state index contributed by atoms with van der Waals surface area (Å²) in [6.07, 6.45) is 28.0. The quantitative estimate of drug-likeness (QED) is 0.0124. The zero-order valence-corrected chi connectivity index (χ0v) is 86.0. The van der Waals surface area contributed by atoms with Crippen LogP contribution in [0.2, 0.25) is 0 Å². The van der Waals surface area contributed by atoms with Crippen molar-refractivity contribution >= 4 is 128 Å². The molecule has 42 heteroatoms. The highest BCUT2D eigenvalue weighted by Gasteiger charge is 2.77. The fourth-order valence-corrected chi connectivity index (χ4v) is 28.2. The molecule has 1 saturated heterocycles. The Balaban J connectivity index is 0.000000150. The van der Waals surface area contributed by atoms with Gasteiger partial charge in [0, 0.05) is 79.8 Å². The van der Waals surface area contributed by atoms with E-state index in [1.165, 1.54) is 178 Å². The third-order valence-electron chi connectivity index (χ3n) is 30.7. The van der Waals surface area contributed by atoms with Gasteiger partial charge < -0.3 is 33.9 Å². The van der Waals surface area contributed by atoms with E-state index in [9.17, 15) is 105 Å².